The maximum atomic E-state index is 12.5. The molecular weight excluding hydrogens is 372 g/mol. The molecule has 1 aliphatic rings. The first kappa shape index (κ1) is 20.7. The van der Waals surface area contributed by atoms with Gasteiger partial charge in [-0.2, -0.15) is 0 Å². The lowest BCUT2D eigenvalue weighted by Gasteiger charge is -2.24. The van der Waals surface area contributed by atoms with Gasteiger partial charge in [-0.15, -0.1) is 0 Å². The van der Waals surface area contributed by atoms with Gasteiger partial charge >= 0.3 is 6.03 Å². The van der Waals surface area contributed by atoms with Crippen LogP contribution in [0.1, 0.15) is 26.7 Å². The Labute approximate surface area is 162 Å². The molecule has 27 heavy (non-hydrogen) atoms. The van der Waals surface area contributed by atoms with Crippen LogP contribution in [0.4, 0.5) is 10.5 Å². The van der Waals surface area contributed by atoms with Gasteiger partial charge in [0.15, 0.2) is 0 Å². The number of nitrogens with zero attached hydrogens (tertiary/aromatic N) is 2. The number of carbonyl (C=O) groups is 4. The Morgan fingerprint density at radius 2 is 1.85 bits per heavy atom. The Balaban J connectivity index is 1.96. The minimum Gasteiger partial charge on any atom is -0.335 e. The molecule has 0 spiro atoms. The zero-order valence-electron chi connectivity index (χ0n) is 15.5. The van der Waals surface area contributed by atoms with Crippen LogP contribution in [-0.2, 0) is 14.4 Å². The predicted molar refractivity (Wildman–Crippen MR) is 101 cm³/mol. The van der Waals surface area contributed by atoms with E-state index >= 15 is 0 Å². The third-order valence-electron chi connectivity index (χ3n) is 4.70. The van der Waals surface area contributed by atoms with E-state index in [2.05, 4.69) is 10.6 Å². The number of imide groups is 1. The molecule has 2 N–H and O–H groups in total. The third kappa shape index (κ3) is 4.39. The number of amides is 5. The molecule has 1 saturated heterocycles. The summed E-state index contributed by atoms with van der Waals surface area (Å²) in [6, 6.07) is 6.15. The zero-order chi connectivity index (χ0) is 20.2. The first-order valence-corrected chi connectivity index (χ1v) is 9.04. The lowest BCUT2D eigenvalue weighted by Crippen LogP contribution is -2.47. The molecule has 1 fully saturated rings. The number of nitrogens with one attached hydrogen (secondary N) is 2. The summed E-state index contributed by atoms with van der Waals surface area (Å²) in [4.78, 5) is 51.2. The van der Waals surface area contributed by atoms with Gasteiger partial charge in [0.05, 0.1) is 17.3 Å². The maximum absolute atomic E-state index is 12.5. The minimum atomic E-state index is -0.961. The van der Waals surface area contributed by atoms with E-state index in [1.165, 1.54) is 7.05 Å². The summed E-state index contributed by atoms with van der Waals surface area (Å²) in [5.41, 5.74) is -0.521. The monoisotopic (exact) mass is 394 g/mol. The maximum Gasteiger partial charge on any atom is 0.325 e. The quantitative estimate of drug-likeness (QED) is 0.689. The first-order chi connectivity index (χ1) is 12.7. The van der Waals surface area contributed by atoms with Crippen LogP contribution in [0.15, 0.2) is 24.3 Å². The molecule has 0 radical (unpaired) electrons. The van der Waals surface area contributed by atoms with Crippen LogP contribution >= 0.6 is 11.6 Å². The van der Waals surface area contributed by atoms with Crippen molar-refractivity contribution in [1.82, 2.24) is 15.1 Å². The van der Waals surface area contributed by atoms with Gasteiger partial charge in [0.1, 0.15) is 12.1 Å². The smallest absolute Gasteiger partial charge is 0.325 e. The largest absolute Gasteiger partial charge is 0.335 e. The highest BCUT2D eigenvalue weighted by Gasteiger charge is 2.49. The summed E-state index contributed by atoms with van der Waals surface area (Å²) in [5, 5.41) is 5.66. The van der Waals surface area contributed by atoms with Crippen LogP contribution in [0, 0.1) is 0 Å². The predicted octanol–water partition coefficient (Wildman–Crippen LogP) is 1.85. The van der Waals surface area contributed by atoms with Crippen molar-refractivity contribution in [2.24, 2.45) is 0 Å². The molecule has 0 saturated carbocycles. The zero-order valence-corrected chi connectivity index (χ0v) is 16.3. The molecule has 9 heteroatoms. The Kier molecular flexibility index (Phi) is 6.43. The Hall–Kier alpha value is -2.61. The van der Waals surface area contributed by atoms with Crippen LogP contribution in [-0.4, -0.2) is 59.2 Å². The second-order valence-corrected chi connectivity index (χ2v) is 6.80. The number of para-hydroxylation sites is 1. The van der Waals surface area contributed by atoms with Crippen molar-refractivity contribution in [3.63, 3.8) is 0 Å². The molecule has 0 atom stereocenters. The number of benzene rings is 1. The van der Waals surface area contributed by atoms with Crippen LogP contribution in [0.25, 0.3) is 0 Å². The number of hydrogen-bond donors (Lipinski definition) is 2. The highest BCUT2D eigenvalue weighted by Crippen LogP contribution is 2.25. The minimum absolute atomic E-state index is 0.236. The highest BCUT2D eigenvalue weighted by atomic mass is 35.5. The fourth-order valence-corrected chi connectivity index (χ4v) is 3.04. The van der Waals surface area contributed by atoms with Gasteiger partial charge in [-0.05, 0) is 25.0 Å². The van der Waals surface area contributed by atoms with Gasteiger partial charge in [-0.25, -0.2) is 4.79 Å². The van der Waals surface area contributed by atoms with E-state index in [4.69, 9.17) is 11.6 Å². The lowest BCUT2D eigenvalue weighted by molar-refractivity contribution is -0.139. The van der Waals surface area contributed by atoms with Crippen molar-refractivity contribution in [1.29, 1.82) is 0 Å². The van der Waals surface area contributed by atoms with Crippen molar-refractivity contribution in [2.45, 2.75) is 32.2 Å². The normalized spacial score (nSPS) is 15.5. The molecule has 0 bridgehead atoms. The molecule has 1 aromatic carbocycles. The Morgan fingerprint density at radius 3 is 2.41 bits per heavy atom. The third-order valence-corrected chi connectivity index (χ3v) is 5.03. The van der Waals surface area contributed by atoms with Crippen LogP contribution in [0.5, 0.6) is 0 Å². The average molecular weight is 395 g/mol. The molecule has 1 aliphatic heterocycles. The summed E-state index contributed by atoms with van der Waals surface area (Å²) in [6.45, 7) is 2.96. The van der Waals surface area contributed by atoms with E-state index in [1.807, 2.05) is 0 Å². The summed E-state index contributed by atoms with van der Waals surface area (Å²) in [7, 11) is 1.43. The fourth-order valence-electron chi connectivity index (χ4n) is 2.86. The van der Waals surface area contributed by atoms with Gasteiger partial charge < -0.3 is 15.5 Å². The van der Waals surface area contributed by atoms with Gasteiger partial charge in [-0.3, -0.25) is 19.3 Å². The number of rotatable bonds is 7. The number of anilines is 1. The molecule has 5 amide bonds. The lowest BCUT2D eigenvalue weighted by atomic mass is 9.93. The molecule has 8 nitrogen and oxygen atoms in total. The van der Waals surface area contributed by atoms with Crippen molar-refractivity contribution in [3.05, 3.63) is 29.3 Å². The summed E-state index contributed by atoms with van der Waals surface area (Å²) >= 11 is 5.98. The SMILES string of the molecule is CCC1(CC)NC(=O)N(CC(=O)N(C)CC(=O)Nc2ccccc2Cl)C1=O. The summed E-state index contributed by atoms with van der Waals surface area (Å²) < 4.78 is 0. The average Bonchev–Trinajstić information content (AvgIpc) is 2.88. The van der Waals surface area contributed by atoms with Crippen molar-refractivity contribution in [3.8, 4) is 0 Å². The number of likely N-dealkylation sites (N-methyl/N-ethyl adjacent to an activating group) is 1. The number of hydrogen-bond acceptors (Lipinski definition) is 4. The van der Waals surface area contributed by atoms with E-state index in [0.717, 1.165) is 9.80 Å². The number of halogens is 1. The van der Waals surface area contributed by atoms with E-state index in [0.29, 0.717) is 23.6 Å². The van der Waals surface area contributed by atoms with Crippen LogP contribution in [0.3, 0.4) is 0 Å². The van der Waals surface area contributed by atoms with E-state index in [-0.39, 0.29) is 6.54 Å². The summed E-state index contributed by atoms with van der Waals surface area (Å²) in [6.07, 6.45) is 0.879. The summed E-state index contributed by atoms with van der Waals surface area (Å²) in [5.74, 6) is -1.37. The Bertz CT molecular complexity index is 763. The van der Waals surface area contributed by atoms with Gasteiger partial charge in [-0.1, -0.05) is 37.6 Å². The second-order valence-electron chi connectivity index (χ2n) is 6.39. The van der Waals surface area contributed by atoms with Crippen molar-refractivity contribution in [2.75, 3.05) is 25.5 Å². The molecule has 2 rings (SSSR count). The topological polar surface area (TPSA) is 98.8 Å². The molecular formula is C18H23ClN4O4. The molecule has 1 aromatic rings. The van der Waals surface area contributed by atoms with Gasteiger partial charge in [0.2, 0.25) is 11.8 Å². The highest BCUT2D eigenvalue weighted by molar-refractivity contribution is 6.33. The van der Waals surface area contributed by atoms with E-state index in [9.17, 15) is 19.2 Å². The second kappa shape index (κ2) is 8.39. The van der Waals surface area contributed by atoms with Crippen LogP contribution in [0.2, 0.25) is 5.02 Å². The van der Waals surface area contributed by atoms with Gasteiger partial charge in [0.25, 0.3) is 5.91 Å². The fraction of sp³-hybridized carbons (Fsp3) is 0.444. The molecule has 0 unspecified atom stereocenters. The number of urea groups is 1. The first-order valence-electron chi connectivity index (χ1n) is 8.66. The standard InChI is InChI=1S/C18H23ClN4O4/c1-4-18(5-2)16(26)23(17(27)21-18)11-15(25)22(3)10-14(24)20-13-9-7-6-8-12(13)19/h6-9H,4-5,10-11H2,1-3H3,(H,20,24)(H,21,27). The number of carbonyl (C=O) groups excluding carboxylic acids is 4. The van der Waals surface area contributed by atoms with Crippen molar-refractivity contribution >= 4 is 41.0 Å². The molecule has 0 aromatic heterocycles. The van der Waals surface area contributed by atoms with E-state index < -0.39 is 35.8 Å². The molecule has 0 aliphatic carbocycles. The van der Waals surface area contributed by atoms with Crippen molar-refractivity contribution < 1.29 is 19.2 Å². The molecule has 146 valence electrons. The van der Waals surface area contributed by atoms with Crippen LogP contribution < -0.4 is 10.6 Å². The Morgan fingerprint density at radius 1 is 1.22 bits per heavy atom. The van der Waals surface area contributed by atoms with E-state index in [1.54, 1.807) is 38.1 Å². The van der Waals surface area contributed by atoms with Gasteiger partial charge in [0, 0.05) is 7.05 Å². The molecule has 1 heterocycles.